The van der Waals surface area contributed by atoms with Gasteiger partial charge in [-0.25, -0.2) is 9.78 Å². The average Bonchev–Trinajstić information content (AvgIpc) is 2.37. The van der Waals surface area contributed by atoms with Gasteiger partial charge in [0.2, 0.25) is 5.91 Å². The standard InChI is InChI=1S/C11H16N4O3/c1-3-13-10(16)6-15-9-4-7(11(17)18-2)8(12)5-14-9/h4-5H,3,6,12H2,1-2H3,(H,13,16)(H,14,15). The van der Waals surface area contributed by atoms with Gasteiger partial charge in [-0.15, -0.1) is 0 Å². The molecule has 0 atom stereocenters. The maximum absolute atomic E-state index is 11.4. The fourth-order valence-corrected chi connectivity index (χ4v) is 1.28. The summed E-state index contributed by atoms with van der Waals surface area (Å²) < 4.78 is 4.58. The molecule has 0 fully saturated rings. The lowest BCUT2D eigenvalue weighted by Gasteiger charge is -2.08. The van der Waals surface area contributed by atoms with E-state index in [0.717, 1.165) is 0 Å². The first-order valence-electron chi connectivity index (χ1n) is 5.42. The number of anilines is 2. The zero-order valence-corrected chi connectivity index (χ0v) is 10.3. The van der Waals surface area contributed by atoms with E-state index < -0.39 is 5.97 Å². The lowest BCUT2D eigenvalue weighted by Crippen LogP contribution is -2.29. The molecule has 0 radical (unpaired) electrons. The number of nitrogens with one attached hydrogen (secondary N) is 2. The van der Waals surface area contributed by atoms with Gasteiger partial charge in [0.25, 0.3) is 0 Å². The van der Waals surface area contributed by atoms with Crippen molar-refractivity contribution in [1.82, 2.24) is 10.3 Å². The summed E-state index contributed by atoms with van der Waals surface area (Å²) in [4.78, 5) is 26.6. The smallest absolute Gasteiger partial charge is 0.340 e. The lowest BCUT2D eigenvalue weighted by atomic mass is 10.2. The Kier molecular flexibility index (Phi) is 4.91. The Morgan fingerprint density at radius 2 is 2.22 bits per heavy atom. The number of esters is 1. The van der Waals surface area contributed by atoms with E-state index in [0.29, 0.717) is 12.4 Å². The zero-order valence-electron chi connectivity index (χ0n) is 10.3. The predicted octanol–water partition coefficient (Wildman–Crippen LogP) is -0.00160. The first-order valence-corrected chi connectivity index (χ1v) is 5.42. The number of methoxy groups -OCH3 is 1. The fourth-order valence-electron chi connectivity index (χ4n) is 1.28. The van der Waals surface area contributed by atoms with Crippen LogP contribution in [0.4, 0.5) is 11.5 Å². The van der Waals surface area contributed by atoms with Crippen LogP contribution in [0.15, 0.2) is 12.3 Å². The maximum atomic E-state index is 11.4. The molecule has 0 aromatic carbocycles. The number of hydrogen-bond acceptors (Lipinski definition) is 6. The number of carbonyl (C=O) groups excluding carboxylic acids is 2. The van der Waals surface area contributed by atoms with E-state index in [9.17, 15) is 9.59 Å². The first kappa shape index (κ1) is 13.8. The molecule has 0 spiro atoms. The molecule has 1 amide bonds. The van der Waals surface area contributed by atoms with Gasteiger partial charge in [0.05, 0.1) is 31.1 Å². The van der Waals surface area contributed by atoms with E-state index in [4.69, 9.17) is 5.73 Å². The van der Waals surface area contributed by atoms with Crippen LogP contribution >= 0.6 is 0 Å². The molecular weight excluding hydrogens is 236 g/mol. The number of hydrogen-bond donors (Lipinski definition) is 3. The summed E-state index contributed by atoms with van der Waals surface area (Å²) in [5.41, 5.74) is 6.04. The Hall–Kier alpha value is -2.31. The van der Waals surface area contributed by atoms with E-state index in [1.54, 1.807) is 0 Å². The van der Waals surface area contributed by atoms with E-state index in [1.807, 2.05) is 6.92 Å². The second-order valence-corrected chi connectivity index (χ2v) is 3.46. The molecule has 7 heteroatoms. The number of ether oxygens (including phenoxy) is 1. The van der Waals surface area contributed by atoms with Crippen molar-refractivity contribution in [3.63, 3.8) is 0 Å². The van der Waals surface area contributed by atoms with Gasteiger partial charge in [-0.3, -0.25) is 4.79 Å². The van der Waals surface area contributed by atoms with E-state index >= 15 is 0 Å². The topological polar surface area (TPSA) is 106 Å². The minimum atomic E-state index is -0.545. The van der Waals surface area contributed by atoms with Gasteiger partial charge in [0.15, 0.2) is 0 Å². The molecule has 0 bridgehead atoms. The van der Waals surface area contributed by atoms with Crippen LogP contribution in [0.25, 0.3) is 0 Å². The molecule has 0 aliphatic rings. The summed E-state index contributed by atoms with van der Waals surface area (Å²) in [6.45, 7) is 2.46. The zero-order chi connectivity index (χ0) is 13.5. The van der Waals surface area contributed by atoms with Crippen LogP contribution in [0.3, 0.4) is 0 Å². The molecule has 1 aromatic heterocycles. The average molecular weight is 252 g/mol. The van der Waals surface area contributed by atoms with Crippen molar-refractivity contribution in [3.05, 3.63) is 17.8 Å². The molecule has 1 rings (SSSR count). The molecule has 7 nitrogen and oxygen atoms in total. The van der Waals surface area contributed by atoms with Crippen molar-refractivity contribution in [2.24, 2.45) is 0 Å². The predicted molar refractivity (Wildman–Crippen MR) is 67.2 cm³/mol. The number of aromatic nitrogens is 1. The SMILES string of the molecule is CCNC(=O)CNc1cc(C(=O)OC)c(N)cn1. The van der Waals surface area contributed by atoms with Gasteiger partial charge >= 0.3 is 5.97 Å². The summed E-state index contributed by atoms with van der Waals surface area (Å²) in [7, 11) is 1.27. The van der Waals surface area contributed by atoms with Gasteiger partial charge in [0.1, 0.15) is 5.82 Å². The summed E-state index contributed by atoms with van der Waals surface area (Å²) >= 11 is 0. The Labute approximate surface area is 105 Å². The maximum Gasteiger partial charge on any atom is 0.340 e. The number of amides is 1. The van der Waals surface area contributed by atoms with E-state index in [2.05, 4.69) is 20.4 Å². The second kappa shape index (κ2) is 6.43. The number of rotatable bonds is 5. The number of nitrogens with two attached hydrogens (primary N) is 1. The third kappa shape index (κ3) is 3.62. The third-order valence-electron chi connectivity index (χ3n) is 2.14. The van der Waals surface area contributed by atoms with Crippen LogP contribution < -0.4 is 16.4 Å². The van der Waals surface area contributed by atoms with Gasteiger partial charge in [-0.1, -0.05) is 0 Å². The molecule has 0 aliphatic carbocycles. The Balaban J connectivity index is 2.73. The molecule has 0 saturated carbocycles. The van der Waals surface area contributed by atoms with Gasteiger partial charge in [-0.05, 0) is 13.0 Å². The lowest BCUT2D eigenvalue weighted by molar-refractivity contribution is -0.119. The Bertz CT molecular complexity index is 448. The first-order chi connectivity index (χ1) is 8.58. The fraction of sp³-hybridized carbons (Fsp3) is 0.364. The van der Waals surface area contributed by atoms with Crippen molar-refractivity contribution >= 4 is 23.4 Å². The second-order valence-electron chi connectivity index (χ2n) is 3.46. The van der Waals surface area contributed by atoms with Gasteiger partial charge in [0, 0.05) is 6.54 Å². The molecule has 0 saturated heterocycles. The normalized spacial score (nSPS) is 9.67. The van der Waals surface area contributed by atoms with Gasteiger partial charge in [-0.2, -0.15) is 0 Å². The van der Waals surface area contributed by atoms with Crippen molar-refractivity contribution < 1.29 is 14.3 Å². The highest BCUT2D eigenvalue weighted by Crippen LogP contribution is 2.15. The van der Waals surface area contributed by atoms with Crippen LogP contribution in [0.1, 0.15) is 17.3 Å². The largest absolute Gasteiger partial charge is 0.465 e. The van der Waals surface area contributed by atoms with Gasteiger partial charge < -0.3 is 21.1 Å². The molecule has 1 heterocycles. The molecule has 98 valence electrons. The minimum Gasteiger partial charge on any atom is -0.465 e. The number of nitrogen functional groups attached to an aromatic ring is 1. The van der Waals surface area contributed by atoms with Crippen LogP contribution in [0, 0.1) is 0 Å². The molecule has 18 heavy (non-hydrogen) atoms. The van der Waals surface area contributed by atoms with Crippen LogP contribution in [-0.2, 0) is 9.53 Å². The van der Waals surface area contributed by atoms with Crippen molar-refractivity contribution in [3.8, 4) is 0 Å². The monoisotopic (exact) mass is 252 g/mol. The van der Waals surface area contributed by atoms with Crippen LogP contribution in [0.2, 0.25) is 0 Å². The number of likely N-dealkylation sites (N-methyl/N-ethyl adjacent to an activating group) is 1. The van der Waals surface area contributed by atoms with E-state index in [1.165, 1.54) is 19.4 Å². The molecule has 0 unspecified atom stereocenters. The Morgan fingerprint density at radius 1 is 1.50 bits per heavy atom. The summed E-state index contributed by atoms with van der Waals surface area (Å²) in [6.07, 6.45) is 1.34. The number of nitrogens with zero attached hydrogens (tertiary/aromatic N) is 1. The van der Waals surface area contributed by atoms with Crippen LogP contribution in [0.5, 0.6) is 0 Å². The Morgan fingerprint density at radius 3 is 2.83 bits per heavy atom. The van der Waals surface area contributed by atoms with Crippen molar-refractivity contribution in [1.29, 1.82) is 0 Å². The van der Waals surface area contributed by atoms with Crippen molar-refractivity contribution in [2.45, 2.75) is 6.92 Å². The summed E-state index contributed by atoms with van der Waals surface area (Å²) in [5.74, 6) is -0.317. The quantitative estimate of drug-likeness (QED) is 0.637. The molecule has 0 aliphatic heterocycles. The minimum absolute atomic E-state index is 0.0748. The summed E-state index contributed by atoms with van der Waals surface area (Å²) in [6, 6.07) is 1.44. The molecule has 1 aromatic rings. The highest BCUT2D eigenvalue weighted by atomic mass is 16.5. The highest BCUT2D eigenvalue weighted by Gasteiger charge is 2.11. The molecular formula is C11H16N4O3. The third-order valence-corrected chi connectivity index (χ3v) is 2.14. The molecule has 4 N–H and O–H groups in total. The number of pyridine rings is 1. The van der Waals surface area contributed by atoms with Crippen molar-refractivity contribution in [2.75, 3.05) is 31.2 Å². The number of carbonyl (C=O) groups is 2. The van der Waals surface area contributed by atoms with Crippen LogP contribution in [-0.4, -0.2) is 37.1 Å². The highest BCUT2D eigenvalue weighted by molar-refractivity contribution is 5.95. The summed E-state index contributed by atoms with van der Waals surface area (Å²) in [5, 5.41) is 5.42. The van der Waals surface area contributed by atoms with E-state index in [-0.39, 0.29) is 23.7 Å².